The minimum atomic E-state index is -0.294. The molecule has 1 amide bonds. The van der Waals surface area contributed by atoms with Crippen LogP contribution in [0, 0.1) is 11.7 Å². The number of halogens is 1. The van der Waals surface area contributed by atoms with Gasteiger partial charge in [-0.3, -0.25) is 4.79 Å². The number of nitrogens with zero attached hydrogens (tertiary/aromatic N) is 1. The fourth-order valence-corrected chi connectivity index (χ4v) is 4.30. The molecular weight excluding hydrogens is 327 g/mol. The average molecular weight is 346 g/mol. The second-order valence-corrected chi connectivity index (χ2v) is 7.42. The van der Waals surface area contributed by atoms with Gasteiger partial charge in [0.15, 0.2) is 10.9 Å². The largest absolute Gasteiger partial charge is 0.444 e. The van der Waals surface area contributed by atoms with Crippen molar-refractivity contribution in [3.05, 3.63) is 48.0 Å². The van der Waals surface area contributed by atoms with E-state index in [0.717, 1.165) is 32.5 Å². The molecule has 0 radical (unpaired) electrons. The minimum absolute atomic E-state index is 0.186. The van der Waals surface area contributed by atoms with E-state index in [1.54, 1.807) is 30.3 Å². The van der Waals surface area contributed by atoms with E-state index in [9.17, 15) is 9.18 Å². The third kappa shape index (κ3) is 3.21. The Labute approximate surface area is 144 Å². The maximum absolute atomic E-state index is 13.7. The van der Waals surface area contributed by atoms with Gasteiger partial charge in [-0.25, -0.2) is 4.39 Å². The van der Waals surface area contributed by atoms with E-state index in [2.05, 4.69) is 10.2 Å². The minimum Gasteiger partial charge on any atom is -0.444 e. The summed E-state index contributed by atoms with van der Waals surface area (Å²) in [5.74, 6) is 0.373. The second kappa shape index (κ2) is 6.61. The molecule has 3 aliphatic rings. The summed E-state index contributed by atoms with van der Waals surface area (Å²) in [6.45, 7) is 3.20. The zero-order chi connectivity index (χ0) is 16.5. The second-order valence-electron chi connectivity index (χ2n) is 6.37. The lowest BCUT2D eigenvalue weighted by Crippen LogP contribution is -2.57. The summed E-state index contributed by atoms with van der Waals surface area (Å²) >= 11 is 1.18. The number of rotatable bonds is 4. The summed E-state index contributed by atoms with van der Waals surface area (Å²) in [5, 5.41) is 3.61. The molecule has 2 aromatic rings. The number of carbonyl (C=O) groups is 1. The number of amides is 1. The molecule has 24 heavy (non-hydrogen) atoms. The first kappa shape index (κ1) is 15.7. The molecule has 1 atom stereocenters. The molecule has 1 aromatic carbocycles. The number of hydrogen-bond acceptors (Lipinski definition) is 4. The third-order valence-electron chi connectivity index (χ3n) is 4.82. The highest BCUT2D eigenvalue weighted by Gasteiger charge is 2.35. The first-order valence-electron chi connectivity index (χ1n) is 8.24. The van der Waals surface area contributed by atoms with E-state index in [0.29, 0.717) is 15.9 Å². The molecule has 0 spiro atoms. The van der Waals surface area contributed by atoms with Gasteiger partial charge >= 0.3 is 0 Å². The molecule has 1 N–H and O–H groups in total. The highest BCUT2D eigenvalue weighted by Crippen LogP contribution is 2.31. The first-order valence-corrected chi connectivity index (χ1v) is 9.06. The van der Waals surface area contributed by atoms with Crippen molar-refractivity contribution in [2.75, 3.05) is 19.6 Å². The van der Waals surface area contributed by atoms with Gasteiger partial charge in [0.05, 0.1) is 4.90 Å². The normalized spacial score (nSPS) is 25.6. The molecule has 4 nitrogen and oxygen atoms in total. The molecule has 3 aliphatic heterocycles. The SMILES string of the molecule is O=C(N[C@H]1CN2CCC1CC2)c1ccc(Sc2ccccc2F)o1. The van der Waals surface area contributed by atoms with Gasteiger partial charge in [0.1, 0.15) is 5.82 Å². The Kier molecular flexibility index (Phi) is 4.33. The van der Waals surface area contributed by atoms with Crippen LogP contribution in [0.5, 0.6) is 0 Å². The molecule has 3 saturated heterocycles. The van der Waals surface area contributed by atoms with Gasteiger partial charge in [0.25, 0.3) is 5.91 Å². The van der Waals surface area contributed by atoms with Gasteiger partial charge in [0, 0.05) is 12.6 Å². The van der Waals surface area contributed by atoms with Crippen LogP contribution in [-0.2, 0) is 0 Å². The van der Waals surface area contributed by atoms with Crippen LogP contribution in [0.25, 0.3) is 0 Å². The van der Waals surface area contributed by atoms with Crippen molar-refractivity contribution < 1.29 is 13.6 Å². The third-order valence-corrected chi connectivity index (χ3v) is 5.80. The van der Waals surface area contributed by atoms with Gasteiger partial charge in [-0.05, 0) is 67.9 Å². The Morgan fingerprint density at radius 2 is 2.00 bits per heavy atom. The Morgan fingerprint density at radius 3 is 2.71 bits per heavy atom. The van der Waals surface area contributed by atoms with E-state index in [-0.39, 0.29) is 23.5 Å². The lowest BCUT2D eigenvalue weighted by Gasteiger charge is -2.44. The molecule has 126 valence electrons. The summed E-state index contributed by atoms with van der Waals surface area (Å²) in [7, 11) is 0. The maximum Gasteiger partial charge on any atom is 0.287 e. The van der Waals surface area contributed by atoms with Crippen LogP contribution in [0.3, 0.4) is 0 Å². The van der Waals surface area contributed by atoms with Crippen molar-refractivity contribution in [1.82, 2.24) is 10.2 Å². The van der Waals surface area contributed by atoms with Crippen LogP contribution < -0.4 is 5.32 Å². The summed E-state index contributed by atoms with van der Waals surface area (Å²) in [5.41, 5.74) is 0. The van der Waals surface area contributed by atoms with Crippen LogP contribution in [0.15, 0.2) is 50.8 Å². The van der Waals surface area contributed by atoms with Gasteiger partial charge in [-0.15, -0.1) is 0 Å². The van der Waals surface area contributed by atoms with Gasteiger partial charge in [-0.1, -0.05) is 12.1 Å². The zero-order valence-electron chi connectivity index (χ0n) is 13.2. The number of furan rings is 1. The topological polar surface area (TPSA) is 45.5 Å². The quantitative estimate of drug-likeness (QED) is 0.922. The van der Waals surface area contributed by atoms with Crippen LogP contribution >= 0.6 is 11.8 Å². The molecule has 6 heteroatoms. The molecular formula is C18H19FN2O2S. The molecule has 1 aromatic heterocycles. The Hall–Kier alpha value is -1.79. The summed E-state index contributed by atoms with van der Waals surface area (Å²) in [6.07, 6.45) is 2.30. The van der Waals surface area contributed by atoms with Crippen molar-refractivity contribution >= 4 is 17.7 Å². The lowest BCUT2D eigenvalue weighted by atomic mass is 9.84. The van der Waals surface area contributed by atoms with Gasteiger partial charge in [0.2, 0.25) is 0 Å². The smallest absolute Gasteiger partial charge is 0.287 e. The van der Waals surface area contributed by atoms with Crippen LogP contribution in [0.1, 0.15) is 23.4 Å². The number of hydrogen-bond donors (Lipinski definition) is 1. The van der Waals surface area contributed by atoms with Gasteiger partial charge in [-0.2, -0.15) is 0 Å². The Morgan fingerprint density at radius 1 is 1.21 bits per heavy atom. The zero-order valence-corrected chi connectivity index (χ0v) is 14.0. The van der Waals surface area contributed by atoms with Crippen molar-refractivity contribution in [3.8, 4) is 0 Å². The van der Waals surface area contributed by atoms with E-state index in [4.69, 9.17) is 4.42 Å². The predicted octanol–water partition coefficient (Wildman–Crippen LogP) is 3.39. The molecule has 0 aliphatic carbocycles. The van der Waals surface area contributed by atoms with Crippen molar-refractivity contribution in [3.63, 3.8) is 0 Å². The first-order chi connectivity index (χ1) is 11.7. The van der Waals surface area contributed by atoms with Gasteiger partial charge < -0.3 is 14.6 Å². The van der Waals surface area contributed by atoms with E-state index in [1.165, 1.54) is 17.8 Å². The Balaban J connectivity index is 1.41. The van der Waals surface area contributed by atoms with Crippen molar-refractivity contribution in [2.24, 2.45) is 5.92 Å². The number of benzene rings is 1. The average Bonchev–Trinajstić information content (AvgIpc) is 3.07. The Bertz CT molecular complexity index is 740. The van der Waals surface area contributed by atoms with Crippen molar-refractivity contribution in [2.45, 2.75) is 28.9 Å². The summed E-state index contributed by atoms with van der Waals surface area (Å²) in [6, 6.07) is 10.1. The fraction of sp³-hybridized carbons (Fsp3) is 0.389. The van der Waals surface area contributed by atoms with Crippen LogP contribution in [-0.4, -0.2) is 36.5 Å². The lowest BCUT2D eigenvalue weighted by molar-refractivity contribution is 0.0603. The predicted molar refractivity (Wildman–Crippen MR) is 89.6 cm³/mol. The van der Waals surface area contributed by atoms with Crippen molar-refractivity contribution in [1.29, 1.82) is 0 Å². The molecule has 0 saturated carbocycles. The highest BCUT2D eigenvalue weighted by atomic mass is 32.2. The number of piperidine rings is 3. The molecule has 0 unspecified atom stereocenters. The molecule has 3 fully saturated rings. The molecule has 5 rings (SSSR count). The fourth-order valence-electron chi connectivity index (χ4n) is 3.50. The summed E-state index contributed by atoms with van der Waals surface area (Å²) in [4.78, 5) is 15.3. The standard InChI is InChI=1S/C18H19FN2O2S/c19-13-3-1-2-4-16(13)24-17-6-5-15(23-17)18(22)20-14-11-21-9-7-12(14)8-10-21/h1-6,12,14H,7-11H2,(H,20,22)/t14-/m0/s1. The number of carbonyl (C=O) groups excluding carboxylic acids is 1. The molecule has 2 bridgehead atoms. The highest BCUT2D eigenvalue weighted by molar-refractivity contribution is 7.99. The summed E-state index contributed by atoms with van der Waals surface area (Å²) < 4.78 is 19.3. The van der Waals surface area contributed by atoms with E-state index < -0.39 is 0 Å². The van der Waals surface area contributed by atoms with Crippen LogP contribution in [0.4, 0.5) is 4.39 Å². The maximum atomic E-state index is 13.7. The monoisotopic (exact) mass is 346 g/mol. The number of fused-ring (bicyclic) bond motifs is 3. The number of nitrogens with one attached hydrogen (secondary N) is 1. The van der Waals surface area contributed by atoms with E-state index in [1.807, 2.05) is 0 Å². The van der Waals surface area contributed by atoms with E-state index >= 15 is 0 Å². The van der Waals surface area contributed by atoms with Crippen LogP contribution in [0.2, 0.25) is 0 Å². The molecule has 4 heterocycles.